The molecule has 1 aromatic heterocycles. The Hall–Kier alpha value is -2.56. The standard InChI is InChI=1S/C15H15NO4/c1-10(15(18)19)14(17)16-13(12-8-5-9-20-12)11-6-3-2-4-7-11/h2-10,13H,1H3,(H,16,17)(H,18,19). The number of carboxylic acid groups (broad SMARTS) is 1. The van der Waals surface area contributed by atoms with E-state index in [0.29, 0.717) is 5.76 Å². The molecular weight excluding hydrogens is 258 g/mol. The van der Waals surface area contributed by atoms with E-state index in [2.05, 4.69) is 5.32 Å². The number of amides is 1. The molecule has 5 nitrogen and oxygen atoms in total. The third-order valence-corrected chi connectivity index (χ3v) is 3.01. The van der Waals surface area contributed by atoms with E-state index in [1.165, 1.54) is 13.2 Å². The van der Waals surface area contributed by atoms with Crippen molar-refractivity contribution < 1.29 is 19.1 Å². The minimum Gasteiger partial charge on any atom is -0.481 e. The Balaban J connectivity index is 2.25. The molecule has 1 aromatic carbocycles. The highest BCUT2D eigenvalue weighted by Crippen LogP contribution is 2.22. The van der Waals surface area contributed by atoms with E-state index in [-0.39, 0.29) is 0 Å². The van der Waals surface area contributed by atoms with Gasteiger partial charge >= 0.3 is 5.97 Å². The Bertz CT molecular complexity index is 577. The number of nitrogens with one attached hydrogen (secondary N) is 1. The molecule has 0 saturated heterocycles. The smallest absolute Gasteiger partial charge is 0.315 e. The summed E-state index contributed by atoms with van der Waals surface area (Å²) in [6, 6.07) is 12.2. The van der Waals surface area contributed by atoms with Crippen molar-refractivity contribution in [1.29, 1.82) is 0 Å². The maximum Gasteiger partial charge on any atom is 0.315 e. The molecule has 2 N–H and O–H groups in total. The third-order valence-electron chi connectivity index (χ3n) is 3.01. The third kappa shape index (κ3) is 3.06. The van der Waals surface area contributed by atoms with Gasteiger partial charge in [-0.25, -0.2) is 0 Å². The van der Waals surface area contributed by atoms with E-state index in [0.717, 1.165) is 5.56 Å². The van der Waals surface area contributed by atoms with Gasteiger partial charge in [0.25, 0.3) is 0 Å². The van der Waals surface area contributed by atoms with Crippen molar-refractivity contribution >= 4 is 11.9 Å². The van der Waals surface area contributed by atoms with Gasteiger partial charge in [0.15, 0.2) is 0 Å². The van der Waals surface area contributed by atoms with Crippen LogP contribution in [0.2, 0.25) is 0 Å². The minimum absolute atomic E-state index is 0.500. The summed E-state index contributed by atoms with van der Waals surface area (Å²) in [7, 11) is 0. The number of furan rings is 1. The lowest BCUT2D eigenvalue weighted by Gasteiger charge is -2.18. The second-order valence-corrected chi connectivity index (χ2v) is 4.43. The highest BCUT2D eigenvalue weighted by atomic mass is 16.4. The minimum atomic E-state index is -1.16. The van der Waals surface area contributed by atoms with Crippen LogP contribution in [0.1, 0.15) is 24.3 Å². The van der Waals surface area contributed by atoms with Crippen molar-refractivity contribution in [3.8, 4) is 0 Å². The first kappa shape index (κ1) is 13.9. The molecule has 104 valence electrons. The van der Waals surface area contributed by atoms with Crippen LogP contribution in [0.4, 0.5) is 0 Å². The van der Waals surface area contributed by atoms with Crippen molar-refractivity contribution in [2.24, 2.45) is 5.92 Å². The van der Waals surface area contributed by atoms with E-state index < -0.39 is 23.8 Å². The van der Waals surface area contributed by atoms with E-state index in [1.807, 2.05) is 30.3 Å². The normalized spacial score (nSPS) is 13.4. The SMILES string of the molecule is CC(C(=O)O)C(=O)NC(c1ccccc1)c1ccco1. The maximum absolute atomic E-state index is 11.9. The molecule has 5 heteroatoms. The molecule has 0 aliphatic heterocycles. The first-order chi connectivity index (χ1) is 9.59. The summed E-state index contributed by atoms with van der Waals surface area (Å²) < 4.78 is 5.33. The molecule has 1 heterocycles. The Morgan fingerprint density at radius 1 is 1.15 bits per heavy atom. The molecule has 0 bridgehead atoms. The largest absolute Gasteiger partial charge is 0.481 e. The van der Waals surface area contributed by atoms with E-state index in [9.17, 15) is 9.59 Å². The second kappa shape index (κ2) is 6.06. The zero-order valence-electron chi connectivity index (χ0n) is 10.9. The summed E-state index contributed by atoms with van der Waals surface area (Å²) in [5.41, 5.74) is 0.827. The van der Waals surface area contributed by atoms with Crippen molar-refractivity contribution in [3.63, 3.8) is 0 Å². The van der Waals surface area contributed by atoms with Crippen LogP contribution in [0.5, 0.6) is 0 Å². The lowest BCUT2D eigenvalue weighted by molar-refractivity contribution is -0.146. The predicted octanol–water partition coefficient (Wildman–Crippen LogP) is 2.21. The number of benzene rings is 1. The molecule has 20 heavy (non-hydrogen) atoms. The van der Waals surface area contributed by atoms with Crippen molar-refractivity contribution in [1.82, 2.24) is 5.32 Å². The van der Waals surface area contributed by atoms with Crippen LogP contribution in [0.25, 0.3) is 0 Å². The number of carbonyl (C=O) groups excluding carboxylic acids is 1. The van der Waals surface area contributed by atoms with E-state index >= 15 is 0 Å². The highest BCUT2D eigenvalue weighted by molar-refractivity contribution is 5.96. The lowest BCUT2D eigenvalue weighted by atomic mass is 10.0. The fourth-order valence-electron chi connectivity index (χ4n) is 1.80. The zero-order valence-corrected chi connectivity index (χ0v) is 10.9. The average Bonchev–Trinajstić information content (AvgIpc) is 2.98. The maximum atomic E-state index is 11.9. The molecule has 0 saturated carbocycles. The van der Waals surface area contributed by atoms with Crippen molar-refractivity contribution in [3.05, 3.63) is 60.1 Å². The second-order valence-electron chi connectivity index (χ2n) is 4.43. The topological polar surface area (TPSA) is 79.5 Å². The van der Waals surface area contributed by atoms with Crippen LogP contribution in [0, 0.1) is 5.92 Å². The molecule has 0 aliphatic carbocycles. The van der Waals surface area contributed by atoms with Crippen molar-refractivity contribution in [2.45, 2.75) is 13.0 Å². The van der Waals surface area contributed by atoms with Gasteiger partial charge in [0.1, 0.15) is 17.7 Å². The number of hydrogen-bond donors (Lipinski definition) is 2. The molecule has 1 amide bonds. The predicted molar refractivity (Wildman–Crippen MR) is 71.9 cm³/mol. The molecule has 2 rings (SSSR count). The first-order valence-corrected chi connectivity index (χ1v) is 6.21. The summed E-state index contributed by atoms with van der Waals surface area (Å²) >= 11 is 0. The molecule has 0 fully saturated rings. The average molecular weight is 273 g/mol. The van der Waals surface area contributed by atoms with E-state index in [1.54, 1.807) is 12.1 Å². The fraction of sp³-hybridized carbons (Fsp3) is 0.200. The Kier molecular flexibility index (Phi) is 4.20. The molecule has 2 aromatic rings. The molecular formula is C15H15NO4. The quantitative estimate of drug-likeness (QED) is 0.818. The Labute approximate surface area is 116 Å². The number of carboxylic acids is 1. The Morgan fingerprint density at radius 3 is 2.40 bits per heavy atom. The van der Waals surface area contributed by atoms with Crippen LogP contribution < -0.4 is 5.32 Å². The van der Waals surface area contributed by atoms with Crippen LogP contribution in [-0.2, 0) is 9.59 Å². The molecule has 0 aliphatic rings. The highest BCUT2D eigenvalue weighted by Gasteiger charge is 2.25. The summed E-state index contributed by atoms with van der Waals surface area (Å²) in [5, 5.41) is 11.6. The van der Waals surface area contributed by atoms with Gasteiger partial charge in [-0.3, -0.25) is 9.59 Å². The monoisotopic (exact) mass is 273 g/mol. The van der Waals surface area contributed by atoms with Crippen LogP contribution in [-0.4, -0.2) is 17.0 Å². The summed E-state index contributed by atoms with van der Waals surface area (Å²) in [6.45, 7) is 1.35. The van der Waals surface area contributed by atoms with Gasteiger partial charge in [0, 0.05) is 0 Å². The van der Waals surface area contributed by atoms with Gasteiger partial charge in [-0.1, -0.05) is 30.3 Å². The van der Waals surface area contributed by atoms with E-state index in [4.69, 9.17) is 9.52 Å². The van der Waals surface area contributed by atoms with Crippen molar-refractivity contribution in [2.75, 3.05) is 0 Å². The molecule has 2 unspecified atom stereocenters. The summed E-state index contributed by atoms with van der Waals surface area (Å²) in [4.78, 5) is 22.8. The summed E-state index contributed by atoms with van der Waals surface area (Å²) in [6.07, 6.45) is 1.51. The van der Waals surface area contributed by atoms with Crippen LogP contribution >= 0.6 is 0 Å². The number of hydrogen-bond acceptors (Lipinski definition) is 3. The fourth-order valence-corrected chi connectivity index (χ4v) is 1.80. The van der Waals surface area contributed by atoms with Gasteiger partial charge in [-0.05, 0) is 24.6 Å². The first-order valence-electron chi connectivity index (χ1n) is 6.21. The lowest BCUT2D eigenvalue weighted by Crippen LogP contribution is -2.36. The Morgan fingerprint density at radius 2 is 1.85 bits per heavy atom. The van der Waals surface area contributed by atoms with Gasteiger partial charge in [-0.15, -0.1) is 0 Å². The number of carbonyl (C=O) groups is 2. The van der Waals surface area contributed by atoms with Gasteiger partial charge in [0.2, 0.25) is 5.91 Å². The van der Waals surface area contributed by atoms with Crippen LogP contribution in [0.3, 0.4) is 0 Å². The summed E-state index contributed by atoms with van der Waals surface area (Å²) in [5.74, 6) is -2.27. The molecule has 0 radical (unpaired) electrons. The number of aliphatic carboxylic acids is 1. The van der Waals surface area contributed by atoms with Crippen LogP contribution in [0.15, 0.2) is 53.1 Å². The molecule has 0 spiro atoms. The van der Waals surface area contributed by atoms with Gasteiger partial charge < -0.3 is 14.8 Å². The van der Waals surface area contributed by atoms with Gasteiger partial charge in [0.05, 0.1) is 6.26 Å². The number of rotatable bonds is 5. The zero-order chi connectivity index (χ0) is 14.5. The van der Waals surface area contributed by atoms with Gasteiger partial charge in [-0.2, -0.15) is 0 Å². The molecule has 2 atom stereocenters.